The average Bonchev–Trinajstić information content (AvgIpc) is 2.37. The molecule has 18 heavy (non-hydrogen) atoms. The van der Waals surface area contributed by atoms with E-state index in [2.05, 4.69) is 9.97 Å². The van der Waals surface area contributed by atoms with Crippen molar-refractivity contribution in [3.63, 3.8) is 0 Å². The Morgan fingerprint density at radius 3 is 2.33 bits per heavy atom. The fourth-order valence-electron chi connectivity index (χ4n) is 1.35. The summed E-state index contributed by atoms with van der Waals surface area (Å²) in [6.07, 6.45) is -0.237. The third-order valence-corrected chi connectivity index (χ3v) is 2.19. The van der Waals surface area contributed by atoms with Crippen LogP contribution in [0.25, 0.3) is 12.2 Å². The van der Waals surface area contributed by atoms with Crippen molar-refractivity contribution in [2.24, 2.45) is 0 Å². The number of rotatable bonds is 2. The minimum atomic E-state index is -4.45. The van der Waals surface area contributed by atoms with Gasteiger partial charge in [-0.05, 0) is 17.7 Å². The van der Waals surface area contributed by atoms with E-state index < -0.39 is 11.9 Å². The Labute approximate surface area is 102 Å². The summed E-state index contributed by atoms with van der Waals surface area (Å²) in [6.45, 7) is 0. The molecule has 2 aromatic rings. The molecule has 5 heteroatoms. The summed E-state index contributed by atoms with van der Waals surface area (Å²) in [5, 5.41) is 0. The summed E-state index contributed by atoms with van der Waals surface area (Å²) in [7, 11) is 0. The van der Waals surface area contributed by atoms with Crippen LogP contribution in [0.3, 0.4) is 0 Å². The average molecular weight is 250 g/mol. The first kappa shape index (κ1) is 12.3. The Kier molecular flexibility index (Phi) is 3.41. The first-order valence-corrected chi connectivity index (χ1v) is 5.19. The number of benzene rings is 1. The van der Waals surface area contributed by atoms with E-state index in [1.54, 1.807) is 6.08 Å². The van der Waals surface area contributed by atoms with Crippen LogP contribution < -0.4 is 0 Å². The maximum absolute atomic E-state index is 12.4. The van der Waals surface area contributed by atoms with Crippen molar-refractivity contribution in [2.75, 3.05) is 0 Å². The molecular weight excluding hydrogens is 241 g/mol. The lowest BCUT2D eigenvalue weighted by molar-refractivity contribution is -0.141. The maximum atomic E-state index is 12.4. The summed E-state index contributed by atoms with van der Waals surface area (Å²) in [5.41, 5.74) is -0.0660. The molecule has 92 valence electrons. The Morgan fingerprint density at radius 1 is 0.944 bits per heavy atom. The molecule has 0 atom stereocenters. The Hall–Kier alpha value is -2.17. The van der Waals surface area contributed by atoms with E-state index in [0.29, 0.717) is 0 Å². The molecule has 0 radical (unpaired) electrons. The predicted octanol–water partition coefficient (Wildman–Crippen LogP) is 3.67. The standard InChI is InChI=1S/C13H9F3N2/c14-13(15,16)11-8-9-17-12(18-11)7-6-10-4-2-1-3-5-10/h1-9H/b7-6+. The predicted molar refractivity (Wildman–Crippen MR) is 62.4 cm³/mol. The minimum absolute atomic E-state index is 0.0358. The molecular formula is C13H9F3N2. The van der Waals surface area contributed by atoms with Gasteiger partial charge in [-0.15, -0.1) is 0 Å². The van der Waals surface area contributed by atoms with Gasteiger partial charge < -0.3 is 0 Å². The highest BCUT2D eigenvalue weighted by molar-refractivity contribution is 5.66. The summed E-state index contributed by atoms with van der Waals surface area (Å²) < 4.78 is 37.3. The fourth-order valence-corrected chi connectivity index (χ4v) is 1.35. The van der Waals surface area contributed by atoms with Crippen molar-refractivity contribution in [1.82, 2.24) is 9.97 Å². The largest absolute Gasteiger partial charge is 0.433 e. The minimum Gasteiger partial charge on any atom is -0.237 e. The molecule has 0 saturated heterocycles. The Bertz CT molecular complexity index is 548. The van der Waals surface area contributed by atoms with Crippen molar-refractivity contribution < 1.29 is 13.2 Å². The smallest absolute Gasteiger partial charge is 0.237 e. The number of hydrogen-bond donors (Lipinski definition) is 0. The van der Waals surface area contributed by atoms with Gasteiger partial charge in [0.15, 0.2) is 5.82 Å². The third kappa shape index (κ3) is 3.16. The van der Waals surface area contributed by atoms with Gasteiger partial charge in [0.2, 0.25) is 0 Å². The van der Waals surface area contributed by atoms with Crippen LogP contribution in [0.4, 0.5) is 13.2 Å². The lowest BCUT2D eigenvalue weighted by Gasteiger charge is -2.04. The molecule has 0 amide bonds. The summed E-state index contributed by atoms with van der Waals surface area (Å²) >= 11 is 0. The van der Waals surface area contributed by atoms with E-state index in [-0.39, 0.29) is 5.82 Å². The highest BCUT2D eigenvalue weighted by atomic mass is 19.4. The van der Waals surface area contributed by atoms with Crippen molar-refractivity contribution in [1.29, 1.82) is 0 Å². The van der Waals surface area contributed by atoms with Crippen molar-refractivity contribution in [3.8, 4) is 0 Å². The molecule has 2 rings (SSSR count). The molecule has 0 aliphatic rings. The van der Waals surface area contributed by atoms with Gasteiger partial charge in [0, 0.05) is 6.20 Å². The second-order valence-corrected chi connectivity index (χ2v) is 3.54. The molecule has 0 aliphatic carbocycles. The van der Waals surface area contributed by atoms with Crippen LogP contribution in [0.15, 0.2) is 42.6 Å². The molecule has 0 unspecified atom stereocenters. The van der Waals surface area contributed by atoms with Crippen LogP contribution in [-0.4, -0.2) is 9.97 Å². The van der Waals surface area contributed by atoms with E-state index in [0.717, 1.165) is 17.8 Å². The van der Waals surface area contributed by atoms with Crippen LogP contribution in [0.2, 0.25) is 0 Å². The first-order chi connectivity index (χ1) is 8.55. The van der Waals surface area contributed by atoms with Crippen LogP contribution in [0.5, 0.6) is 0 Å². The highest BCUT2D eigenvalue weighted by Gasteiger charge is 2.32. The molecule has 0 fully saturated rings. The molecule has 0 spiro atoms. The number of aromatic nitrogens is 2. The lowest BCUT2D eigenvalue weighted by Crippen LogP contribution is -2.08. The highest BCUT2D eigenvalue weighted by Crippen LogP contribution is 2.27. The molecule has 1 aromatic carbocycles. The van der Waals surface area contributed by atoms with Crippen molar-refractivity contribution >= 4 is 12.2 Å². The molecule has 1 heterocycles. The second kappa shape index (κ2) is 5.00. The summed E-state index contributed by atoms with van der Waals surface area (Å²) in [4.78, 5) is 7.21. The number of nitrogens with zero attached hydrogens (tertiary/aromatic N) is 2. The van der Waals surface area contributed by atoms with Gasteiger partial charge in [-0.1, -0.05) is 36.4 Å². The van der Waals surface area contributed by atoms with Crippen LogP contribution in [0.1, 0.15) is 17.1 Å². The zero-order valence-electron chi connectivity index (χ0n) is 9.22. The van der Waals surface area contributed by atoms with Gasteiger partial charge in [-0.2, -0.15) is 13.2 Å². The molecule has 0 aliphatic heterocycles. The van der Waals surface area contributed by atoms with Crippen molar-refractivity contribution in [3.05, 3.63) is 59.7 Å². The van der Waals surface area contributed by atoms with Crippen LogP contribution >= 0.6 is 0 Å². The third-order valence-electron chi connectivity index (χ3n) is 2.19. The quantitative estimate of drug-likeness (QED) is 0.812. The maximum Gasteiger partial charge on any atom is 0.433 e. The van der Waals surface area contributed by atoms with E-state index in [4.69, 9.17) is 0 Å². The van der Waals surface area contributed by atoms with Gasteiger partial charge in [0.05, 0.1) is 0 Å². The topological polar surface area (TPSA) is 25.8 Å². The number of hydrogen-bond acceptors (Lipinski definition) is 2. The molecule has 0 saturated carbocycles. The second-order valence-electron chi connectivity index (χ2n) is 3.54. The van der Waals surface area contributed by atoms with Crippen molar-refractivity contribution in [2.45, 2.75) is 6.18 Å². The van der Waals surface area contributed by atoms with Gasteiger partial charge in [-0.25, -0.2) is 9.97 Å². The summed E-state index contributed by atoms with van der Waals surface area (Å²) in [6, 6.07) is 10.1. The normalized spacial score (nSPS) is 11.9. The van der Waals surface area contributed by atoms with Crippen LogP contribution in [-0.2, 0) is 6.18 Å². The van der Waals surface area contributed by atoms with E-state index in [9.17, 15) is 13.2 Å². The van der Waals surface area contributed by atoms with Gasteiger partial charge in [-0.3, -0.25) is 0 Å². The Balaban J connectivity index is 2.23. The zero-order valence-corrected chi connectivity index (χ0v) is 9.22. The lowest BCUT2D eigenvalue weighted by atomic mass is 10.2. The Morgan fingerprint density at radius 2 is 1.67 bits per heavy atom. The van der Waals surface area contributed by atoms with E-state index in [1.165, 1.54) is 6.08 Å². The van der Waals surface area contributed by atoms with E-state index in [1.807, 2.05) is 30.3 Å². The molecule has 0 bridgehead atoms. The van der Waals surface area contributed by atoms with E-state index >= 15 is 0 Å². The zero-order chi connectivity index (χ0) is 13.0. The van der Waals surface area contributed by atoms with Gasteiger partial charge in [0.25, 0.3) is 0 Å². The fraction of sp³-hybridized carbons (Fsp3) is 0.0769. The summed E-state index contributed by atoms with van der Waals surface area (Å²) in [5.74, 6) is 0.0358. The monoisotopic (exact) mass is 250 g/mol. The number of halogens is 3. The van der Waals surface area contributed by atoms with Gasteiger partial charge >= 0.3 is 6.18 Å². The van der Waals surface area contributed by atoms with Gasteiger partial charge in [0.1, 0.15) is 5.69 Å². The first-order valence-electron chi connectivity index (χ1n) is 5.19. The molecule has 1 aromatic heterocycles. The molecule has 0 N–H and O–H groups in total. The molecule has 2 nitrogen and oxygen atoms in total. The SMILES string of the molecule is FC(F)(F)c1ccnc(/C=C/c2ccccc2)n1. The number of alkyl halides is 3. The van der Waals surface area contributed by atoms with Crippen LogP contribution in [0, 0.1) is 0 Å².